The zero-order chi connectivity index (χ0) is 9.44. The van der Waals surface area contributed by atoms with Crippen molar-refractivity contribution in [2.45, 2.75) is 0 Å². The third-order valence-electron chi connectivity index (χ3n) is 0.220. The Bertz CT molecular complexity index is 148. The molecule has 0 saturated carbocycles. The van der Waals surface area contributed by atoms with E-state index in [4.69, 9.17) is 15.3 Å². The number of hydrogen-bond acceptors (Lipinski definition) is 5. The molecule has 0 bridgehead atoms. The number of nitrogens with zero attached hydrogens (tertiary/aromatic N) is 2. The molecule has 0 atom stereocenters. The Labute approximate surface area is 59.3 Å². The summed E-state index contributed by atoms with van der Waals surface area (Å²) in [6, 6.07) is 0. The van der Waals surface area contributed by atoms with Gasteiger partial charge in [0.05, 0.1) is 5.09 Å². The predicted octanol–water partition coefficient (Wildman–Crippen LogP) is -3.40. The summed E-state index contributed by atoms with van der Waals surface area (Å²) in [5.74, 6) is -0.412. The van der Waals surface area contributed by atoms with Gasteiger partial charge in [0.25, 0.3) is 0 Å². The maximum atomic E-state index is 9.32. The number of rotatable bonds is 1. The fraction of sp³-hybridized carbons (Fsp3) is 0. The molecule has 0 aliphatic carbocycles. The second kappa shape index (κ2) is 6.00. The topological polar surface area (TPSA) is 173 Å². The first kappa shape index (κ1) is 11.6. The molecule has 0 rings (SSSR count). The molecule has 0 aliphatic heterocycles. The van der Waals surface area contributed by atoms with E-state index < -0.39 is 16.1 Å². The lowest BCUT2D eigenvalue weighted by Gasteiger charge is -1.78. The number of nitro groups is 1. The summed E-state index contributed by atoms with van der Waals surface area (Å²) in [6.07, 6.45) is 0. The van der Waals surface area contributed by atoms with E-state index in [0.29, 0.717) is 0 Å². The minimum atomic E-state index is -1.75. The van der Waals surface area contributed by atoms with Crippen LogP contribution in [0.25, 0.3) is 0 Å². The van der Waals surface area contributed by atoms with Crippen molar-refractivity contribution in [3.8, 4) is 0 Å². The lowest BCUT2D eigenvalue weighted by Crippen LogP contribution is -2.56. The maximum absolute atomic E-state index is 9.32. The molecule has 10 heteroatoms. The van der Waals surface area contributed by atoms with Gasteiger partial charge in [-0.25, -0.2) is 10.1 Å². The quantitative estimate of drug-likeness (QED) is 0.158. The van der Waals surface area contributed by atoms with E-state index in [1.54, 1.807) is 0 Å². The Morgan fingerprint density at radius 1 is 1.36 bits per heavy atom. The van der Waals surface area contributed by atoms with Crippen molar-refractivity contribution in [1.29, 1.82) is 0 Å². The molecule has 0 aromatic heterocycles. The summed E-state index contributed by atoms with van der Waals surface area (Å²) >= 11 is 0. The Morgan fingerprint density at radius 2 is 1.64 bits per heavy atom. The highest BCUT2D eigenvalue weighted by Gasteiger charge is 2.00. The average molecular weight is 167 g/mol. The fourth-order valence-corrected chi connectivity index (χ4v) is 0.105. The first-order chi connectivity index (χ1) is 4.86. The predicted molar refractivity (Wildman–Crippen MR) is 31.6 cm³/mol. The monoisotopic (exact) mass is 167 g/mol. The van der Waals surface area contributed by atoms with Gasteiger partial charge in [-0.05, 0) is 0 Å². The third-order valence-corrected chi connectivity index (χ3v) is 0.220. The molecule has 0 amide bonds. The van der Waals surface area contributed by atoms with Gasteiger partial charge in [-0.2, -0.15) is 0 Å². The van der Waals surface area contributed by atoms with Crippen LogP contribution in [0.1, 0.15) is 0 Å². The smallest absolute Gasteiger partial charge is 0.356 e. The largest absolute Gasteiger partial charge is 0.401 e. The molecule has 0 heterocycles. The van der Waals surface area contributed by atoms with Crippen molar-refractivity contribution >= 4 is 5.96 Å². The highest BCUT2D eigenvalue weighted by atomic mass is 16.9. The van der Waals surface area contributed by atoms with Gasteiger partial charge in [-0.1, -0.05) is 0 Å². The van der Waals surface area contributed by atoms with Crippen LogP contribution in [0.5, 0.6) is 0 Å². The number of guanidine groups is 1. The Morgan fingerprint density at radius 3 is 1.64 bits per heavy atom. The molecule has 0 saturated heterocycles. The number of nitrogens with two attached hydrogens (primary N) is 2. The Hall–Kier alpha value is -2.13. The van der Waals surface area contributed by atoms with E-state index in [-0.39, 0.29) is 0 Å². The molecule has 5 N–H and O–H groups in total. The molecule has 10 nitrogen and oxygen atoms in total. The van der Waals surface area contributed by atoms with Gasteiger partial charge >= 0.3 is 5.96 Å². The molecular weight excluding hydrogens is 162 g/mol. The zero-order valence-electron chi connectivity index (χ0n) is 5.09. The van der Waals surface area contributed by atoms with Crippen LogP contribution < -0.4 is 16.6 Å². The minimum Gasteiger partial charge on any atom is -0.356 e. The van der Waals surface area contributed by atoms with Crippen molar-refractivity contribution in [3.63, 3.8) is 0 Å². The Balaban J connectivity index is 0. The molecule has 0 spiro atoms. The molecular formula is CH5N5O5. The van der Waals surface area contributed by atoms with Gasteiger partial charge in [0, 0.05) is 5.43 Å². The van der Waals surface area contributed by atoms with Crippen LogP contribution in [0.4, 0.5) is 0 Å². The van der Waals surface area contributed by atoms with Gasteiger partial charge in [-0.15, -0.1) is 0 Å². The van der Waals surface area contributed by atoms with Gasteiger partial charge in [0.15, 0.2) is 0 Å². The summed E-state index contributed by atoms with van der Waals surface area (Å²) in [6.45, 7) is 0. The van der Waals surface area contributed by atoms with Crippen molar-refractivity contribution in [2.75, 3.05) is 0 Å². The molecule has 0 fully saturated rings. The fourth-order valence-electron chi connectivity index (χ4n) is 0.105. The molecule has 0 aromatic carbocycles. The van der Waals surface area contributed by atoms with Crippen LogP contribution in [-0.2, 0) is 0 Å². The summed E-state index contributed by atoms with van der Waals surface area (Å²) in [5, 5.41) is 27.9. The number of hydrazine groups is 1. The second-order valence-corrected chi connectivity index (χ2v) is 1.05. The summed E-state index contributed by atoms with van der Waals surface area (Å²) < 4.78 is 0. The van der Waals surface area contributed by atoms with Gasteiger partial charge in [0.1, 0.15) is 0 Å². The molecule has 0 radical (unpaired) electrons. The minimum absolute atomic E-state index is 0.412. The number of hydrogen-bond donors (Lipinski definition) is 3. The van der Waals surface area contributed by atoms with Crippen LogP contribution in [0.15, 0.2) is 0 Å². The molecule has 0 aliphatic rings. The van der Waals surface area contributed by atoms with Gasteiger partial charge in [-0.3, -0.25) is 11.1 Å². The van der Waals surface area contributed by atoms with E-state index in [2.05, 4.69) is 11.1 Å². The number of nitrogens with one attached hydrogen (secondary N) is 1. The average Bonchev–Trinajstić information content (AvgIpc) is 1.56. The third kappa shape index (κ3) is 77.5. The van der Waals surface area contributed by atoms with Gasteiger partial charge < -0.3 is 15.3 Å². The summed E-state index contributed by atoms with van der Waals surface area (Å²) in [7, 11) is 0. The second-order valence-electron chi connectivity index (χ2n) is 1.05. The lowest BCUT2D eigenvalue weighted by atomic mass is 11.1. The van der Waals surface area contributed by atoms with E-state index in [1.165, 1.54) is 5.43 Å². The standard InChI is InChI=1S/CH4N4O2.NO3/c2-1(3)4-5(6)7;2-1(3)4/h(H4,2,3,4);/q;-1/p+1. The van der Waals surface area contributed by atoms with Crippen LogP contribution >= 0.6 is 0 Å². The van der Waals surface area contributed by atoms with Crippen molar-refractivity contribution < 1.29 is 15.5 Å². The molecule has 0 unspecified atom stereocenters. The van der Waals surface area contributed by atoms with Crippen molar-refractivity contribution in [1.82, 2.24) is 5.43 Å². The van der Waals surface area contributed by atoms with Crippen LogP contribution in [0, 0.1) is 25.4 Å². The van der Waals surface area contributed by atoms with Crippen molar-refractivity contribution in [3.05, 3.63) is 25.4 Å². The molecule has 0 aromatic rings. The first-order valence-electron chi connectivity index (χ1n) is 1.96. The van der Waals surface area contributed by atoms with E-state index in [1.807, 2.05) is 0 Å². The van der Waals surface area contributed by atoms with E-state index in [9.17, 15) is 10.1 Å². The van der Waals surface area contributed by atoms with Crippen LogP contribution in [0.3, 0.4) is 0 Å². The zero-order valence-corrected chi connectivity index (χ0v) is 5.09. The van der Waals surface area contributed by atoms with E-state index >= 15 is 0 Å². The van der Waals surface area contributed by atoms with Crippen LogP contribution in [-0.4, -0.2) is 16.1 Å². The molecule has 11 heavy (non-hydrogen) atoms. The first-order valence-corrected chi connectivity index (χ1v) is 1.96. The highest BCUT2D eigenvalue weighted by molar-refractivity contribution is 5.69. The summed E-state index contributed by atoms with van der Waals surface area (Å²) in [5.41, 5.74) is 6.14. The maximum Gasteiger partial charge on any atom is 0.401 e. The SMILES string of the molecule is NC(=[NH2+])N[N+](=O)[O-].O=[N+]([O-])[O-]. The normalized spacial score (nSPS) is 6.91. The molecule has 64 valence electrons. The summed E-state index contributed by atoms with van der Waals surface area (Å²) in [4.78, 5) is 17.6. The van der Waals surface area contributed by atoms with Crippen LogP contribution in [0.2, 0.25) is 0 Å². The lowest BCUT2D eigenvalue weighted by molar-refractivity contribution is -0.530. The Kier molecular flexibility index (Phi) is 6.35. The van der Waals surface area contributed by atoms with E-state index in [0.717, 1.165) is 0 Å². The van der Waals surface area contributed by atoms with Crippen molar-refractivity contribution in [2.24, 2.45) is 5.73 Å². The highest BCUT2D eigenvalue weighted by Crippen LogP contribution is 1.47. The van der Waals surface area contributed by atoms with Gasteiger partial charge in [0.2, 0.25) is 5.03 Å².